The molecule has 0 saturated heterocycles. The number of hydrogen-bond acceptors (Lipinski definition) is 4. The molecular formula is C28H22F3N3O2. The van der Waals surface area contributed by atoms with Crippen LogP contribution in [0.1, 0.15) is 21.5 Å². The average molecular weight is 489 g/mol. The highest BCUT2D eigenvalue weighted by Crippen LogP contribution is 2.39. The SMILES string of the molecule is CON(C(=O)c1cc2c(cc1C(F)(F)F)NCC2)c1cc(-c2ccccc2)cc(-c2cccnc2)c1. The van der Waals surface area contributed by atoms with Crippen LogP contribution in [0.15, 0.2) is 85.2 Å². The molecule has 1 aliphatic heterocycles. The van der Waals surface area contributed by atoms with Gasteiger partial charge in [-0.05, 0) is 65.1 Å². The molecule has 3 aromatic carbocycles. The van der Waals surface area contributed by atoms with E-state index >= 15 is 0 Å². The Balaban J connectivity index is 1.65. The summed E-state index contributed by atoms with van der Waals surface area (Å²) < 4.78 is 41.9. The summed E-state index contributed by atoms with van der Waals surface area (Å²) >= 11 is 0. The predicted octanol–water partition coefficient (Wildman–Crippen LogP) is 6.61. The van der Waals surface area contributed by atoms with E-state index in [1.165, 1.54) is 13.2 Å². The lowest BCUT2D eigenvalue weighted by atomic mass is 9.98. The summed E-state index contributed by atoms with van der Waals surface area (Å²) in [7, 11) is 1.26. The standard InChI is InChI=1S/C28H22F3N3O2/c1-36-34(27(35)24-15-19-9-11-33-26(19)16-25(24)28(29,30)31)23-13-21(18-6-3-2-4-7-18)12-22(14-23)20-8-5-10-32-17-20/h2-8,10,12-17,33H,9,11H2,1H3. The first kappa shape index (κ1) is 23.6. The van der Waals surface area contributed by atoms with Crippen LogP contribution >= 0.6 is 0 Å². The molecule has 0 fully saturated rings. The van der Waals surface area contributed by atoms with E-state index in [9.17, 15) is 18.0 Å². The van der Waals surface area contributed by atoms with Gasteiger partial charge in [0.25, 0.3) is 5.91 Å². The molecule has 36 heavy (non-hydrogen) atoms. The van der Waals surface area contributed by atoms with E-state index in [2.05, 4.69) is 10.3 Å². The number of nitrogens with one attached hydrogen (secondary N) is 1. The molecule has 0 atom stereocenters. The lowest BCUT2D eigenvalue weighted by Crippen LogP contribution is -2.32. The van der Waals surface area contributed by atoms with Crippen molar-refractivity contribution in [3.63, 3.8) is 0 Å². The number of carbonyl (C=O) groups is 1. The first-order chi connectivity index (χ1) is 17.3. The third kappa shape index (κ3) is 4.55. The van der Waals surface area contributed by atoms with E-state index in [-0.39, 0.29) is 0 Å². The molecule has 0 radical (unpaired) electrons. The molecular weight excluding hydrogens is 467 g/mol. The van der Waals surface area contributed by atoms with Crippen LogP contribution in [-0.2, 0) is 17.4 Å². The number of aromatic nitrogens is 1. The molecule has 5 rings (SSSR count). The van der Waals surface area contributed by atoms with Crippen molar-refractivity contribution in [3.8, 4) is 22.3 Å². The van der Waals surface area contributed by atoms with Gasteiger partial charge in [-0.2, -0.15) is 18.2 Å². The van der Waals surface area contributed by atoms with Gasteiger partial charge in [-0.15, -0.1) is 0 Å². The van der Waals surface area contributed by atoms with Crippen LogP contribution in [0.2, 0.25) is 0 Å². The topological polar surface area (TPSA) is 54.5 Å². The van der Waals surface area contributed by atoms with Gasteiger partial charge in [0.1, 0.15) is 0 Å². The molecule has 4 aromatic rings. The Morgan fingerprint density at radius 2 is 1.67 bits per heavy atom. The number of alkyl halides is 3. The zero-order valence-corrected chi connectivity index (χ0v) is 19.3. The molecule has 1 aliphatic rings. The van der Waals surface area contributed by atoms with Crippen molar-refractivity contribution in [2.75, 3.05) is 24.0 Å². The van der Waals surface area contributed by atoms with E-state index < -0.39 is 23.2 Å². The van der Waals surface area contributed by atoms with Gasteiger partial charge in [-0.25, -0.2) is 0 Å². The van der Waals surface area contributed by atoms with Gasteiger partial charge in [0.05, 0.1) is 23.9 Å². The summed E-state index contributed by atoms with van der Waals surface area (Å²) in [5, 5.41) is 3.85. The number of halogens is 3. The van der Waals surface area contributed by atoms with Crippen LogP contribution in [0.3, 0.4) is 0 Å². The Morgan fingerprint density at radius 1 is 0.944 bits per heavy atom. The van der Waals surface area contributed by atoms with E-state index in [0.717, 1.165) is 33.4 Å². The van der Waals surface area contributed by atoms with Crippen molar-refractivity contribution in [2.45, 2.75) is 12.6 Å². The largest absolute Gasteiger partial charge is 0.417 e. The number of hydrogen-bond donors (Lipinski definition) is 1. The van der Waals surface area contributed by atoms with E-state index in [1.807, 2.05) is 42.5 Å². The Hall–Kier alpha value is -4.17. The number of carbonyl (C=O) groups excluding carboxylic acids is 1. The number of benzene rings is 3. The smallest absolute Gasteiger partial charge is 0.384 e. The Morgan fingerprint density at radius 3 is 2.33 bits per heavy atom. The molecule has 0 unspecified atom stereocenters. The van der Waals surface area contributed by atoms with Crippen LogP contribution in [0.5, 0.6) is 0 Å². The normalized spacial score (nSPS) is 12.7. The number of fused-ring (bicyclic) bond motifs is 1. The molecule has 5 nitrogen and oxygen atoms in total. The fourth-order valence-electron chi connectivity index (χ4n) is 4.40. The third-order valence-corrected chi connectivity index (χ3v) is 6.11. The second-order valence-electron chi connectivity index (χ2n) is 8.39. The highest BCUT2D eigenvalue weighted by Gasteiger charge is 2.38. The summed E-state index contributed by atoms with van der Waals surface area (Å²) in [6.45, 7) is 0.520. The molecule has 1 amide bonds. The maximum atomic E-state index is 14.0. The summed E-state index contributed by atoms with van der Waals surface area (Å²) in [5.41, 5.74) is 3.08. The second-order valence-corrected chi connectivity index (χ2v) is 8.39. The van der Waals surface area contributed by atoms with Crippen molar-refractivity contribution in [1.29, 1.82) is 0 Å². The van der Waals surface area contributed by atoms with Crippen LogP contribution in [0, 0.1) is 0 Å². The van der Waals surface area contributed by atoms with Crippen molar-refractivity contribution >= 4 is 17.3 Å². The van der Waals surface area contributed by atoms with Crippen molar-refractivity contribution in [2.24, 2.45) is 0 Å². The monoisotopic (exact) mass is 489 g/mol. The number of hydroxylamine groups is 1. The van der Waals surface area contributed by atoms with Gasteiger partial charge in [0, 0.05) is 30.2 Å². The van der Waals surface area contributed by atoms with Crippen LogP contribution in [0.4, 0.5) is 24.5 Å². The number of nitrogens with zero attached hydrogens (tertiary/aromatic N) is 2. The minimum atomic E-state index is -4.71. The zero-order chi connectivity index (χ0) is 25.3. The predicted molar refractivity (Wildman–Crippen MR) is 133 cm³/mol. The Kier molecular flexibility index (Phi) is 6.20. The fourth-order valence-corrected chi connectivity index (χ4v) is 4.40. The first-order valence-corrected chi connectivity index (χ1v) is 11.3. The number of amides is 1. The maximum Gasteiger partial charge on any atom is 0.417 e. The van der Waals surface area contributed by atoms with E-state index in [1.54, 1.807) is 30.6 Å². The zero-order valence-electron chi connectivity index (χ0n) is 19.3. The van der Waals surface area contributed by atoms with Gasteiger partial charge in [-0.3, -0.25) is 14.6 Å². The molecule has 0 aliphatic carbocycles. The molecule has 8 heteroatoms. The summed E-state index contributed by atoms with van der Waals surface area (Å²) in [5.74, 6) is -0.901. The maximum absolute atomic E-state index is 14.0. The Bertz CT molecular complexity index is 1350. The fraction of sp³-hybridized carbons (Fsp3) is 0.143. The lowest BCUT2D eigenvalue weighted by Gasteiger charge is -2.24. The Labute approximate surface area is 206 Å². The summed E-state index contributed by atoms with van der Waals surface area (Å²) in [6.07, 6.45) is -0.842. The van der Waals surface area contributed by atoms with E-state index in [4.69, 9.17) is 4.84 Å². The molecule has 1 aromatic heterocycles. The minimum absolute atomic E-state index is 0.300. The summed E-state index contributed by atoms with van der Waals surface area (Å²) in [4.78, 5) is 23.2. The molecule has 2 heterocycles. The van der Waals surface area contributed by atoms with Gasteiger partial charge in [0.15, 0.2) is 0 Å². The first-order valence-electron chi connectivity index (χ1n) is 11.3. The molecule has 1 N–H and O–H groups in total. The number of pyridine rings is 1. The van der Waals surface area contributed by atoms with Gasteiger partial charge in [-0.1, -0.05) is 36.4 Å². The number of anilines is 2. The van der Waals surface area contributed by atoms with Crippen molar-refractivity contribution in [3.05, 3.63) is 102 Å². The minimum Gasteiger partial charge on any atom is -0.384 e. The highest BCUT2D eigenvalue weighted by molar-refractivity contribution is 6.07. The van der Waals surface area contributed by atoms with Crippen molar-refractivity contribution < 1.29 is 22.8 Å². The lowest BCUT2D eigenvalue weighted by molar-refractivity contribution is -0.137. The highest BCUT2D eigenvalue weighted by atomic mass is 19.4. The molecule has 0 bridgehead atoms. The van der Waals surface area contributed by atoms with Crippen LogP contribution in [-0.4, -0.2) is 24.5 Å². The average Bonchev–Trinajstić information content (AvgIpc) is 3.36. The quantitative estimate of drug-likeness (QED) is 0.321. The van der Waals surface area contributed by atoms with E-state index in [0.29, 0.717) is 29.9 Å². The van der Waals surface area contributed by atoms with Gasteiger partial charge < -0.3 is 5.32 Å². The third-order valence-electron chi connectivity index (χ3n) is 6.11. The summed E-state index contributed by atoms with van der Waals surface area (Å²) in [6, 6.07) is 20.8. The second kappa shape index (κ2) is 9.47. The number of rotatable bonds is 5. The van der Waals surface area contributed by atoms with Gasteiger partial charge in [0.2, 0.25) is 0 Å². The molecule has 0 saturated carbocycles. The van der Waals surface area contributed by atoms with Crippen molar-refractivity contribution in [1.82, 2.24) is 4.98 Å². The molecule has 0 spiro atoms. The van der Waals surface area contributed by atoms with Gasteiger partial charge >= 0.3 is 6.18 Å². The molecule has 182 valence electrons. The van der Waals surface area contributed by atoms with Crippen LogP contribution < -0.4 is 10.4 Å². The van der Waals surface area contributed by atoms with Crippen LogP contribution in [0.25, 0.3) is 22.3 Å².